The van der Waals surface area contributed by atoms with Crippen LogP contribution in [0.25, 0.3) is 0 Å². The highest BCUT2D eigenvalue weighted by Crippen LogP contribution is 2.28. The highest BCUT2D eigenvalue weighted by atomic mass is 16.3. The van der Waals surface area contributed by atoms with Crippen LogP contribution in [0.15, 0.2) is 12.4 Å². The Bertz CT molecular complexity index is 516. The summed E-state index contributed by atoms with van der Waals surface area (Å²) in [6.07, 6.45) is 7.32. The molecule has 0 radical (unpaired) electrons. The number of likely N-dealkylation sites (N-methyl/N-ethyl adjacent to an activating group) is 1. The van der Waals surface area contributed by atoms with Crippen molar-refractivity contribution in [3.05, 3.63) is 12.4 Å². The number of hydrogen-bond donors (Lipinski definition) is 1. The van der Waals surface area contributed by atoms with Crippen molar-refractivity contribution < 1.29 is 9.90 Å². The van der Waals surface area contributed by atoms with Crippen molar-refractivity contribution in [2.45, 2.75) is 37.8 Å². The third kappa shape index (κ3) is 2.82. The number of nitrogens with zero attached hydrogens (tertiary/aromatic N) is 4. The van der Waals surface area contributed by atoms with Gasteiger partial charge >= 0.3 is 0 Å². The van der Waals surface area contributed by atoms with Gasteiger partial charge in [-0.25, -0.2) is 0 Å². The van der Waals surface area contributed by atoms with Gasteiger partial charge in [-0.05, 0) is 32.2 Å². The lowest BCUT2D eigenvalue weighted by Gasteiger charge is -2.27. The smallest absolute Gasteiger partial charge is 0.244 e. The molecule has 2 fully saturated rings. The Labute approximate surface area is 125 Å². The SMILES string of the molecule is CN(CC1CCCC1O)C1CCN(c2cnn(C)c2)C1=O. The fourth-order valence-corrected chi connectivity index (χ4v) is 3.61. The number of aryl methyl sites for hydroxylation is 1. The third-order valence-electron chi connectivity index (χ3n) is 4.85. The first-order valence-electron chi connectivity index (χ1n) is 7.74. The quantitative estimate of drug-likeness (QED) is 0.883. The Morgan fingerprint density at radius 1 is 1.43 bits per heavy atom. The molecule has 1 aromatic rings. The second-order valence-electron chi connectivity index (χ2n) is 6.36. The molecule has 0 bridgehead atoms. The second kappa shape index (κ2) is 5.77. The molecule has 1 amide bonds. The molecule has 3 atom stereocenters. The molecule has 116 valence electrons. The maximum Gasteiger partial charge on any atom is 0.244 e. The van der Waals surface area contributed by atoms with Gasteiger partial charge in [-0.3, -0.25) is 14.4 Å². The van der Waals surface area contributed by atoms with E-state index in [0.717, 1.165) is 44.5 Å². The molecule has 21 heavy (non-hydrogen) atoms. The van der Waals surface area contributed by atoms with Crippen LogP contribution in [0.2, 0.25) is 0 Å². The van der Waals surface area contributed by atoms with Gasteiger partial charge < -0.3 is 10.0 Å². The van der Waals surface area contributed by atoms with Crippen LogP contribution in [0, 0.1) is 5.92 Å². The monoisotopic (exact) mass is 292 g/mol. The van der Waals surface area contributed by atoms with Gasteiger partial charge in [0.25, 0.3) is 0 Å². The summed E-state index contributed by atoms with van der Waals surface area (Å²) in [5, 5.41) is 14.1. The number of anilines is 1. The maximum atomic E-state index is 12.6. The number of hydrogen-bond acceptors (Lipinski definition) is 4. The van der Waals surface area contributed by atoms with Crippen molar-refractivity contribution in [1.29, 1.82) is 0 Å². The van der Waals surface area contributed by atoms with Crippen LogP contribution >= 0.6 is 0 Å². The Morgan fingerprint density at radius 2 is 2.24 bits per heavy atom. The van der Waals surface area contributed by atoms with Crippen molar-refractivity contribution in [1.82, 2.24) is 14.7 Å². The van der Waals surface area contributed by atoms with Crippen LogP contribution in [0.4, 0.5) is 5.69 Å². The van der Waals surface area contributed by atoms with E-state index in [9.17, 15) is 9.90 Å². The standard InChI is InChI=1S/C15H24N4O2/c1-17(9-11-4-3-5-14(11)20)13-6-7-19(15(13)21)12-8-16-18(2)10-12/h8,10-11,13-14,20H,3-7,9H2,1-2H3. The fourth-order valence-electron chi connectivity index (χ4n) is 3.61. The average Bonchev–Trinajstić information content (AvgIpc) is 3.12. The molecule has 2 heterocycles. The lowest BCUT2D eigenvalue weighted by atomic mass is 10.0. The van der Waals surface area contributed by atoms with Crippen LogP contribution in [0.5, 0.6) is 0 Å². The zero-order valence-electron chi connectivity index (χ0n) is 12.8. The predicted molar refractivity (Wildman–Crippen MR) is 79.9 cm³/mol. The van der Waals surface area contributed by atoms with E-state index in [-0.39, 0.29) is 18.1 Å². The molecule has 1 N–H and O–H groups in total. The van der Waals surface area contributed by atoms with Gasteiger partial charge in [0, 0.05) is 26.3 Å². The first kappa shape index (κ1) is 14.5. The summed E-state index contributed by atoms with van der Waals surface area (Å²) < 4.78 is 1.72. The molecule has 0 aromatic carbocycles. The summed E-state index contributed by atoms with van der Waals surface area (Å²) in [7, 11) is 3.86. The van der Waals surface area contributed by atoms with Crippen molar-refractivity contribution >= 4 is 11.6 Å². The number of aliphatic hydroxyl groups is 1. The van der Waals surface area contributed by atoms with Gasteiger partial charge in [0.05, 0.1) is 24.0 Å². The molecule has 0 spiro atoms. The number of aromatic nitrogens is 2. The number of rotatable bonds is 4. The van der Waals surface area contributed by atoms with Gasteiger partial charge in [-0.1, -0.05) is 6.42 Å². The van der Waals surface area contributed by atoms with E-state index in [4.69, 9.17) is 0 Å². The summed E-state index contributed by atoms with van der Waals surface area (Å²) in [5.74, 6) is 0.466. The van der Waals surface area contributed by atoms with Crippen LogP contribution in [0.3, 0.4) is 0 Å². The maximum absolute atomic E-state index is 12.6. The van der Waals surface area contributed by atoms with Crippen LogP contribution in [0.1, 0.15) is 25.7 Å². The molecule has 1 aliphatic heterocycles. The van der Waals surface area contributed by atoms with E-state index in [2.05, 4.69) is 10.00 Å². The predicted octanol–water partition coefficient (Wildman–Crippen LogP) is 0.618. The average molecular weight is 292 g/mol. The number of amides is 1. The van der Waals surface area contributed by atoms with E-state index in [1.165, 1.54) is 0 Å². The largest absolute Gasteiger partial charge is 0.393 e. The summed E-state index contributed by atoms with van der Waals surface area (Å²) >= 11 is 0. The van der Waals surface area contributed by atoms with E-state index < -0.39 is 0 Å². The van der Waals surface area contributed by atoms with Gasteiger partial charge in [-0.2, -0.15) is 5.10 Å². The van der Waals surface area contributed by atoms with Crippen LogP contribution in [-0.2, 0) is 11.8 Å². The van der Waals surface area contributed by atoms with E-state index in [1.54, 1.807) is 10.9 Å². The first-order valence-corrected chi connectivity index (χ1v) is 7.74. The van der Waals surface area contributed by atoms with Crippen molar-refractivity contribution in [2.24, 2.45) is 13.0 Å². The highest BCUT2D eigenvalue weighted by molar-refractivity contribution is 5.99. The fraction of sp³-hybridized carbons (Fsp3) is 0.733. The highest BCUT2D eigenvalue weighted by Gasteiger charge is 2.37. The van der Waals surface area contributed by atoms with Gasteiger partial charge in [0.15, 0.2) is 0 Å². The van der Waals surface area contributed by atoms with Crippen molar-refractivity contribution in [3.8, 4) is 0 Å². The molecule has 6 nitrogen and oxygen atoms in total. The minimum atomic E-state index is -0.196. The van der Waals surface area contributed by atoms with Gasteiger partial charge in [0.1, 0.15) is 0 Å². The van der Waals surface area contributed by atoms with E-state index >= 15 is 0 Å². The topological polar surface area (TPSA) is 61.6 Å². The Morgan fingerprint density at radius 3 is 2.86 bits per heavy atom. The van der Waals surface area contributed by atoms with Crippen LogP contribution in [-0.4, -0.2) is 58.0 Å². The Kier molecular flexibility index (Phi) is 3.99. The zero-order valence-corrected chi connectivity index (χ0v) is 12.8. The molecule has 1 aliphatic carbocycles. The van der Waals surface area contributed by atoms with Crippen molar-refractivity contribution in [3.63, 3.8) is 0 Å². The molecule has 1 aromatic heterocycles. The second-order valence-corrected chi connectivity index (χ2v) is 6.36. The number of carbonyl (C=O) groups is 1. The number of aliphatic hydroxyl groups excluding tert-OH is 1. The molecule has 3 rings (SSSR count). The number of carbonyl (C=O) groups excluding carboxylic acids is 1. The minimum Gasteiger partial charge on any atom is -0.393 e. The van der Waals surface area contributed by atoms with E-state index in [1.807, 2.05) is 25.2 Å². The molecule has 6 heteroatoms. The Hall–Kier alpha value is -1.40. The zero-order chi connectivity index (χ0) is 15.0. The first-order chi connectivity index (χ1) is 10.1. The van der Waals surface area contributed by atoms with Gasteiger partial charge in [-0.15, -0.1) is 0 Å². The summed E-state index contributed by atoms with van der Waals surface area (Å²) in [6, 6.07) is -0.0713. The van der Waals surface area contributed by atoms with E-state index in [0.29, 0.717) is 5.92 Å². The molecular formula is C15H24N4O2. The lowest BCUT2D eigenvalue weighted by Crippen LogP contribution is -2.42. The summed E-state index contributed by atoms with van der Waals surface area (Å²) in [5.41, 5.74) is 0.874. The normalized spacial score (nSPS) is 29.8. The molecule has 1 saturated heterocycles. The molecular weight excluding hydrogens is 268 g/mol. The Balaban J connectivity index is 1.63. The van der Waals surface area contributed by atoms with Gasteiger partial charge in [0.2, 0.25) is 5.91 Å². The molecule has 2 aliphatic rings. The third-order valence-corrected chi connectivity index (χ3v) is 4.85. The summed E-state index contributed by atoms with van der Waals surface area (Å²) in [6.45, 7) is 1.55. The molecule has 3 unspecified atom stereocenters. The summed E-state index contributed by atoms with van der Waals surface area (Å²) in [4.78, 5) is 16.5. The molecule has 1 saturated carbocycles. The van der Waals surface area contributed by atoms with Crippen LogP contribution < -0.4 is 4.90 Å². The minimum absolute atomic E-state index is 0.0713. The lowest BCUT2D eigenvalue weighted by molar-refractivity contribution is -0.121. The van der Waals surface area contributed by atoms with Crippen molar-refractivity contribution in [2.75, 3.05) is 25.0 Å².